The third-order valence-corrected chi connectivity index (χ3v) is 6.55. The molecule has 0 aliphatic rings. The third-order valence-electron chi connectivity index (χ3n) is 4.70. The first kappa shape index (κ1) is 29.1. The van der Waals surface area contributed by atoms with Crippen molar-refractivity contribution < 1.29 is 18.0 Å². The molecule has 0 aliphatic heterocycles. The highest BCUT2D eigenvalue weighted by Crippen LogP contribution is 2.24. The number of rotatable bonds is 15. The molecule has 0 aromatic heterocycles. The van der Waals surface area contributed by atoms with Crippen LogP contribution in [0.25, 0.3) is 0 Å². The van der Waals surface area contributed by atoms with Crippen LogP contribution in [-0.4, -0.2) is 25.7 Å². The second-order valence-electron chi connectivity index (χ2n) is 7.92. The normalized spacial score (nSPS) is 11.2. The number of hydrogen-bond donors (Lipinski definition) is 1. The van der Waals surface area contributed by atoms with Gasteiger partial charge in [-0.1, -0.05) is 75.2 Å². The molecule has 0 unspecified atom stereocenters. The average Bonchev–Trinajstić information content (AvgIpc) is 2.64. The van der Waals surface area contributed by atoms with E-state index in [9.17, 15) is 18.0 Å². The minimum Gasteiger partial charge on any atom is -0.290 e. The molecule has 0 aliphatic carbocycles. The molecule has 0 bridgehead atoms. The Kier molecular flexibility index (Phi) is 14.5. The number of hydrogen-bond acceptors (Lipinski definition) is 4. The molecule has 1 rings (SSSR count). The van der Waals surface area contributed by atoms with Gasteiger partial charge in [0.1, 0.15) is 0 Å². The topological polar surface area (TPSA) is 80.3 Å². The molecule has 1 aromatic carbocycles. The highest BCUT2D eigenvalue weighted by molar-refractivity contribution is 9.10. The SMILES string of the molecule is CCCCCCCCS(=O)(=O)Nc1ccc(Br)cc1C(=O)C(=O)CCCC(C)C.Cl. The summed E-state index contributed by atoms with van der Waals surface area (Å²) in [6, 6.07) is 4.69. The molecule has 8 heteroatoms. The quantitative estimate of drug-likeness (QED) is 0.160. The van der Waals surface area contributed by atoms with E-state index < -0.39 is 21.6 Å². The molecule has 0 saturated heterocycles. The van der Waals surface area contributed by atoms with Crippen LogP contribution in [-0.2, 0) is 14.8 Å². The predicted molar refractivity (Wildman–Crippen MR) is 130 cm³/mol. The van der Waals surface area contributed by atoms with Gasteiger partial charge >= 0.3 is 0 Å². The number of anilines is 1. The smallest absolute Gasteiger partial charge is 0.232 e. The van der Waals surface area contributed by atoms with Crippen LogP contribution in [0.1, 0.15) is 88.9 Å². The second-order valence-corrected chi connectivity index (χ2v) is 10.7. The number of sulfonamides is 1. The predicted octanol–water partition coefficient (Wildman–Crippen LogP) is 6.55. The number of unbranched alkanes of at least 4 members (excludes halogenated alkanes) is 5. The summed E-state index contributed by atoms with van der Waals surface area (Å²) in [5, 5.41) is 0. The van der Waals surface area contributed by atoms with Gasteiger partial charge in [0.25, 0.3) is 0 Å². The lowest BCUT2D eigenvalue weighted by atomic mass is 9.99. The van der Waals surface area contributed by atoms with E-state index in [1.54, 1.807) is 6.07 Å². The number of ketones is 2. The van der Waals surface area contributed by atoms with Crippen LogP contribution >= 0.6 is 28.3 Å². The zero-order valence-corrected chi connectivity index (χ0v) is 21.4. The van der Waals surface area contributed by atoms with Gasteiger partial charge < -0.3 is 0 Å². The summed E-state index contributed by atoms with van der Waals surface area (Å²) in [6.07, 6.45) is 7.59. The van der Waals surface area contributed by atoms with Crippen molar-refractivity contribution in [3.63, 3.8) is 0 Å². The Balaban J connectivity index is 0.00000841. The highest BCUT2D eigenvalue weighted by Gasteiger charge is 2.22. The van der Waals surface area contributed by atoms with Crippen LogP contribution in [0, 0.1) is 5.92 Å². The van der Waals surface area contributed by atoms with Gasteiger partial charge in [0.15, 0.2) is 0 Å². The van der Waals surface area contributed by atoms with Crippen molar-refractivity contribution in [3.05, 3.63) is 28.2 Å². The fourth-order valence-corrected chi connectivity index (χ4v) is 4.58. The molecule has 0 fully saturated rings. The maximum atomic E-state index is 12.6. The number of carbonyl (C=O) groups is 2. The lowest BCUT2D eigenvalue weighted by Crippen LogP contribution is -2.21. The van der Waals surface area contributed by atoms with Gasteiger partial charge in [-0.2, -0.15) is 0 Å². The molecule has 0 radical (unpaired) electrons. The van der Waals surface area contributed by atoms with Gasteiger partial charge in [0.2, 0.25) is 21.6 Å². The Hall–Kier alpha value is -0.920. The number of nitrogens with one attached hydrogen (secondary N) is 1. The average molecular weight is 525 g/mol. The fourth-order valence-electron chi connectivity index (χ4n) is 3.02. The Morgan fingerprint density at radius 2 is 1.67 bits per heavy atom. The van der Waals surface area contributed by atoms with Crippen LogP contribution in [0.4, 0.5) is 5.69 Å². The number of carbonyl (C=O) groups excluding carboxylic acids is 2. The Bertz CT molecular complexity index is 781. The minimum atomic E-state index is -3.58. The van der Waals surface area contributed by atoms with Crippen molar-refractivity contribution in [1.29, 1.82) is 0 Å². The van der Waals surface area contributed by atoms with Crippen LogP contribution in [0.2, 0.25) is 0 Å². The third kappa shape index (κ3) is 11.5. The molecular formula is C22H35BrClNO4S. The Labute approximate surface area is 196 Å². The largest absolute Gasteiger partial charge is 0.290 e. The van der Waals surface area contributed by atoms with Crippen molar-refractivity contribution in [2.45, 2.75) is 78.6 Å². The molecule has 30 heavy (non-hydrogen) atoms. The van der Waals surface area contributed by atoms with E-state index in [1.807, 2.05) is 0 Å². The van der Waals surface area contributed by atoms with Crippen molar-refractivity contribution in [2.75, 3.05) is 10.5 Å². The van der Waals surface area contributed by atoms with Crippen molar-refractivity contribution in [3.8, 4) is 0 Å². The zero-order chi connectivity index (χ0) is 21.9. The molecule has 0 spiro atoms. The molecule has 0 amide bonds. The molecule has 172 valence electrons. The fraction of sp³-hybridized carbons (Fsp3) is 0.636. The number of benzene rings is 1. The zero-order valence-electron chi connectivity index (χ0n) is 18.2. The van der Waals surface area contributed by atoms with E-state index in [-0.39, 0.29) is 35.8 Å². The van der Waals surface area contributed by atoms with Gasteiger partial charge in [-0.3, -0.25) is 14.3 Å². The molecule has 1 N–H and O–H groups in total. The first-order valence-corrected chi connectivity index (χ1v) is 13.0. The van der Waals surface area contributed by atoms with Crippen LogP contribution < -0.4 is 4.72 Å². The minimum absolute atomic E-state index is 0. The lowest BCUT2D eigenvalue weighted by Gasteiger charge is -2.12. The number of Topliss-reactive ketones (excluding diaryl/α,β-unsaturated/α-hetero) is 2. The van der Waals surface area contributed by atoms with Gasteiger partial charge in [0, 0.05) is 10.9 Å². The van der Waals surface area contributed by atoms with Crippen LogP contribution in [0.15, 0.2) is 22.7 Å². The van der Waals surface area contributed by atoms with Gasteiger partial charge in [-0.05, 0) is 37.0 Å². The van der Waals surface area contributed by atoms with Crippen molar-refractivity contribution >= 4 is 55.6 Å². The van der Waals surface area contributed by atoms with Crippen LogP contribution in [0.3, 0.4) is 0 Å². The molecule has 5 nitrogen and oxygen atoms in total. The standard InChI is InChI=1S/C22H34BrNO4S.ClH/c1-4-5-6-7-8-9-15-29(27,28)24-20-14-13-18(23)16-19(20)22(26)21(25)12-10-11-17(2)3;/h13-14,16-17,24H,4-12,15H2,1-3H3;1H. The summed E-state index contributed by atoms with van der Waals surface area (Å²) < 4.78 is 28.0. The first-order valence-electron chi connectivity index (χ1n) is 10.5. The van der Waals surface area contributed by atoms with E-state index in [2.05, 4.69) is 41.4 Å². The van der Waals surface area contributed by atoms with E-state index in [1.165, 1.54) is 18.6 Å². The second kappa shape index (κ2) is 15.0. The van der Waals surface area contributed by atoms with E-state index in [4.69, 9.17) is 0 Å². The first-order chi connectivity index (χ1) is 13.7. The van der Waals surface area contributed by atoms with Gasteiger partial charge in [0.05, 0.1) is 17.0 Å². The van der Waals surface area contributed by atoms with Crippen LogP contribution in [0.5, 0.6) is 0 Å². The Morgan fingerprint density at radius 1 is 1.03 bits per heavy atom. The monoisotopic (exact) mass is 523 g/mol. The van der Waals surface area contributed by atoms with E-state index in [0.29, 0.717) is 23.2 Å². The maximum Gasteiger partial charge on any atom is 0.232 e. The van der Waals surface area contributed by atoms with Gasteiger partial charge in [-0.15, -0.1) is 12.4 Å². The summed E-state index contributed by atoms with van der Waals surface area (Å²) >= 11 is 3.30. The van der Waals surface area contributed by atoms with E-state index in [0.717, 1.165) is 32.1 Å². The molecule has 0 heterocycles. The molecular weight excluding hydrogens is 490 g/mol. The molecule has 0 saturated carbocycles. The summed E-state index contributed by atoms with van der Waals surface area (Å²) in [4.78, 5) is 24.9. The number of halogens is 2. The van der Waals surface area contributed by atoms with Gasteiger partial charge in [-0.25, -0.2) is 8.42 Å². The van der Waals surface area contributed by atoms with Crippen molar-refractivity contribution in [1.82, 2.24) is 0 Å². The molecule has 0 atom stereocenters. The highest BCUT2D eigenvalue weighted by atomic mass is 79.9. The summed E-state index contributed by atoms with van der Waals surface area (Å²) in [7, 11) is -3.58. The van der Waals surface area contributed by atoms with Crippen molar-refractivity contribution in [2.24, 2.45) is 5.92 Å². The summed E-state index contributed by atoms with van der Waals surface area (Å²) in [5.74, 6) is -0.661. The lowest BCUT2D eigenvalue weighted by molar-refractivity contribution is -0.115. The Morgan fingerprint density at radius 3 is 2.30 bits per heavy atom. The molecule has 1 aromatic rings. The maximum absolute atomic E-state index is 12.6. The van der Waals surface area contributed by atoms with E-state index >= 15 is 0 Å². The summed E-state index contributed by atoms with van der Waals surface area (Å²) in [6.45, 7) is 6.27. The summed E-state index contributed by atoms with van der Waals surface area (Å²) in [5.41, 5.74) is 0.266.